The molecule has 1 amide bonds. The molecule has 1 aromatic carbocycles. The Morgan fingerprint density at radius 3 is 2.57 bits per heavy atom. The summed E-state index contributed by atoms with van der Waals surface area (Å²) in [5.74, 6) is 0.795. The van der Waals surface area contributed by atoms with E-state index in [0.717, 1.165) is 22.6 Å². The van der Waals surface area contributed by atoms with Crippen LogP contribution in [0.15, 0.2) is 28.8 Å². The first-order chi connectivity index (χ1) is 9.97. The maximum Gasteiger partial charge on any atom is 0.220 e. The Labute approximate surface area is 129 Å². The van der Waals surface area contributed by atoms with Gasteiger partial charge in [-0.1, -0.05) is 28.9 Å². The van der Waals surface area contributed by atoms with Gasteiger partial charge in [-0.15, -0.1) is 0 Å². The number of hydrogen-bond donors (Lipinski definition) is 1. The van der Waals surface area contributed by atoms with Gasteiger partial charge in [-0.25, -0.2) is 0 Å². The monoisotopic (exact) mass is 306 g/mol. The molecule has 1 heterocycles. The van der Waals surface area contributed by atoms with Crippen molar-refractivity contribution in [3.8, 4) is 0 Å². The summed E-state index contributed by atoms with van der Waals surface area (Å²) >= 11 is 5.86. The number of carbonyl (C=O) groups is 1. The second-order valence-corrected chi connectivity index (χ2v) is 5.58. The van der Waals surface area contributed by atoms with Gasteiger partial charge >= 0.3 is 0 Å². The summed E-state index contributed by atoms with van der Waals surface area (Å²) in [5.41, 5.74) is 2.90. The predicted octanol–water partition coefficient (Wildman–Crippen LogP) is 3.75. The van der Waals surface area contributed by atoms with Crippen LogP contribution < -0.4 is 5.32 Å². The molecule has 0 saturated heterocycles. The van der Waals surface area contributed by atoms with Gasteiger partial charge in [0.05, 0.1) is 11.7 Å². The summed E-state index contributed by atoms with van der Waals surface area (Å²) in [6.07, 6.45) is 1.06. The standard InChI is InChI=1S/C16H19ClN2O2/c1-10(13-4-6-14(17)7-5-13)18-16(20)9-8-15-11(2)19-21-12(15)3/h4-7,10H,8-9H2,1-3H3,(H,18,20)/t10-/m1/s1. The van der Waals surface area contributed by atoms with Crippen LogP contribution in [-0.2, 0) is 11.2 Å². The summed E-state index contributed by atoms with van der Waals surface area (Å²) in [5, 5.41) is 7.57. The van der Waals surface area contributed by atoms with E-state index in [9.17, 15) is 4.79 Å². The normalized spacial score (nSPS) is 12.2. The number of aryl methyl sites for hydroxylation is 2. The average Bonchev–Trinajstić information content (AvgIpc) is 2.76. The topological polar surface area (TPSA) is 55.1 Å². The predicted molar refractivity (Wildman–Crippen MR) is 82.3 cm³/mol. The van der Waals surface area contributed by atoms with Crippen LogP contribution in [0.1, 0.15) is 42.0 Å². The Hall–Kier alpha value is -1.81. The Morgan fingerprint density at radius 2 is 2.00 bits per heavy atom. The van der Waals surface area contributed by atoms with Gasteiger partial charge in [0.25, 0.3) is 0 Å². The van der Waals surface area contributed by atoms with Crippen LogP contribution in [0, 0.1) is 13.8 Å². The van der Waals surface area contributed by atoms with Gasteiger partial charge in [0, 0.05) is 17.0 Å². The number of carbonyl (C=O) groups excluding carboxylic acids is 1. The molecule has 21 heavy (non-hydrogen) atoms. The van der Waals surface area contributed by atoms with Crippen LogP contribution >= 0.6 is 11.6 Å². The SMILES string of the molecule is Cc1noc(C)c1CCC(=O)N[C@H](C)c1ccc(Cl)cc1. The van der Waals surface area contributed by atoms with E-state index in [4.69, 9.17) is 16.1 Å². The molecule has 0 bridgehead atoms. The second-order valence-electron chi connectivity index (χ2n) is 5.14. The second kappa shape index (κ2) is 6.76. The Bertz CT molecular complexity index is 600. The molecular formula is C16H19ClN2O2. The largest absolute Gasteiger partial charge is 0.361 e. The number of hydrogen-bond acceptors (Lipinski definition) is 3. The highest BCUT2D eigenvalue weighted by Gasteiger charge is 2.13. The lowest BCUT2D eigenvalue weighted by molar-refractivity contribution is -0.121. The molecular weight excluding hydrogens is 288 g/mol. The van der Waals surface area contributed by atoms with Gasteiger partial charge in [-0.2, -0.15) is 0 Å². The number of rotatable bonds is 5. The van der Waals surface area contributed by atoms with Crippen LogP contribution in [0.2, 0.25) is 5.02 Å². The molecule has 0 unspecified atom stereocenters. The van der Waals surface area contributed by atoms with Crippen molar-refractivity contribution in [2.45, 2.75) is 39.7 Å². The van der Waals surface area contributed by atoms with Crippen molar-refractivity contribution < 1.29 is 9.32 Å². The van der Waals surface area contributed by atoms with E-state index in [-0.39, 0.29) is 11.9 Å². The molecule has 2 aromatic rings. The summed E-state index contributed by atoms with van der Waals surface area (Å²) in [4.78, 5) is 12.0. The maximum absolute atomic E-state index is 12.0. The summed E-state index contributed by atoms with van der Waals surface area (Å²) in [6, 6.07) is 7.44. The average molecular weight is 307 g/mol. The molecule has 0 saturated carbocycles. The molecule has 0 aliphatic carbocycles. The third-order valence-electron chi connectivity index (χ3n) is 3.53. The molecule has 0 aliphatic rings. The van der Waals surface area contributed by atoms with Crippen molar-refractivity contribution >= 4 is 17.5 Å². The van der Waals surface area contributed by atoms with Gasteiger partial charge in [-0.3, -0.25) is 4.79 Å². The third-order valence-corrected chi connectivity index (χ3v) is 3.78. The Morgan fingerprint density at radius 1 is 1.33 bits per heavy atom. The zero-order valence-electron chi connectivity index (χ0n) is 12.4. The van der Waals surface area contributed by atoms with Gasteiger partial charge in [0.15, 0.2) is 0 Å². The molecule has 4 nitrogen and oxygen atoms in total. The molecule has 0 radical (unpaired) electrons. The molecule has 112 valence electrons. The highest BCUT2D eigenvalue weighted by atomic mass is 35.5. The summed E-state index contributed by atoms with van der Waals surface area (Å²) in [6.45, 7) is 5.71. The van der Waals surface area contributed by atoms with Crippen molar-refractivity contribution in [1.29, 1.82) is 0 Å². The van der Waals surface area contributed by atoms with E-state index < -0.39 is 0 Å². The smallest absolute Gasteiger partial charge is 0.220 e. The van der Waals surface area contributed by atoms with E-state index in [1.165, 1.54) is 0 Å². The number of nitrogens with zero attached hydrogens (tertiary/aromatic N) is 1. The Kier molecular flexibility index (Phi) is 5.02. The molecule has 1 aromatic heterocycles. The number of amides is 1. The summed E-state index contributed by atoms with van der Waals surface area (Å²) < 4.78 is 5.09. The first-order valence-corrected chi connectivity index (χ1v) is 7.31. The van der Waals surface area contributed by atoms with Crippen LogP contribution in [0.4, 0.5) is 0 Å². The van der Waals surface area contributed by atoms with Crippen LogP contribution in [-0.4, -0.2) is 11.1 Å². The molecule has 0 spiro atoms. The lowest BCUT2D eigenvalue weighted by Gasteiger charge is -2.14. The zero-order chi connectivity index (χ0) is 15.4. The molecule has 1 N–H and O–H groups in total. The third kappa shape index (κ3) is 4.08. The molecule has 5 heteroatoms. The van der Waals surface area contributed by atoms with Crippen molar-refractivity contribution in [3.05, 3.63) is 51.9 Å². The molecule has 0 aliphatic heterocycles. The van der Waals surface area contributed by atoms with Gasteiger partial charge in [0.2, 0.25) is 5.91 Å². The molecule has 1 atom stereocenters. The minimum Gasteiger partial charge on any atom is -0.361 e. The van der Waals surface area contributed by atoms with Crippen molar-refractivity contribution in [2.75, 3.05) is 0 Å². The number of nitrogens with one attached hydrogen (secondary N) is 1. The maximum atomic E-state index is 12.0. The number of benzene rings is 1. The van der Waals surface area contributed by atoms with E-state index in [1.807, 2.05) is 45.0 Å². The number of aromatic nitrogens is 1. The fourth-order valence-electron chi connectivity index (χ4n) is 2.25. The first kappa shape index (κ1) is 15.6. The van der Waals surface area contributed by atoms with Crippen LogP contribution in [0.25, 0.3) is 0 Å². The highest BCUT2D eigenvalue weighted by molar-refractivity contribution is 6.30. The van der Waals surface area contributed by atoms with Gasteiger partial charge < -0.3 is 9.84 Å². The summed E-state index contributed by atoms with van der Waals surface area (Å²) in [7, 11) is 0. The lowest BCUT2D eigenvalue weighted by atomic mass is 10.1. The minimum atomic E-state index is -0.0422. The van der Waals surface area contributed by atoms with E-state index in [2.05, 4.69) is 10.5 Å². The molecule has 0 fully saturated rings. The fourth-order valence-corrected chi connectivity index (χ4v) is 2.37. The quantitative estimate of drug-likeness (QED) is 0.915. The van der Waals surface area contributed by atoms with Crippen molar-refractivity contribution in [3.63, 3.8) is 0 Å². The fraction of sp³-hybridized carbons (Fsp3) is 0.375. The van der Waals surface area contributed by atoms with E-state index in [0.29, 0.717) is 17.9 Å². The Balaban J connectivity index is 1.88. The van der Waals surface area contributed by atoms with Gasteiger partial charge in [-0.05, 0) is 44.9 Å². The van der Waals surface area contributed by atoms with Crippen LogP contribution in [0.5, 0.6) is 0 Å². The zero-order valence-corrected chi connectivity index (χ0v) is 13.2. The van der Waals surface area contributed by atoms with Gasteiger partial charge in [0.1, 0.15) is 5.76 Å². The van der Waals surface area contributed by atoms with Crippen molar-refractivity contribution in [1.82, 2.24) is 10.5 Å². The van der Waals surface area contributed by atoms with E-state index in [1.54, 1.807) is 0 Å². The lowest BCUT2D eigenvalue weighted by Crippen LogP contribution is -2.26. The highest BCUT2D eigenvalue weighted by Crippen LogP contribution is 2.17. The minimum absolute atomic E-state index is 0.0115. The number of halogens is 1. The first-order valence-electron chi connectivity index (χ1n) is 6.94. The van der Waals surface area contributed by atoms with Crippen LogP contribution in [0.3, 0.4) is 0 Å². The molecule has 2 rings (SSSR count). The van der Waals surface area contributed by atoms with Crippen molar-refractivity contribution in [2.24, 2.45) is 0 Å². The van der Waals surface area contributed by atoms with E-state index >= 15 is 0 Å².